The summed E-state index contributed by atoms with van der Waals surface area (Å²) in [6, 6.07) is 8.54. The lowest BCUT2D eigenvalue weighted by Gasteiger charge is -2.08. The van der Waals surface area contributed by atoms with Gasteiger partial charge in [0.15, 0.2) is 0 Å². The van der Waals surface area contributed by atoms with E-state index in [4.69, 9.17) is 4.74 Å². The minimum atomic E-state index is 0.494. The van der Waals surface area contributed by atoms with Crippen LogP contribution in [0.1, 0.15) is 32.3 Å². The Bertz CT molecular complexity index is 327. The van der Waals surface area contributed by atoms with E-state index < -0.39 is 0 Å². The fourth-order valence-corrected chi connectivity index (χ4v) is 1.74. The van der Waals surface area contributed by atoms with Gasteiger partial charge in [-0.3, -0.25) is 0 Å². The zero-order valence-corrected chi connectivity index (χ0v) is 10.9. The molecule has 1 aromatic rings. The van der Waals surface area contributed by atoms with Crippen LogP contribution in [0, 0.1) is 5.92 Å². The smallest absolute Gasteiger partial charge is 0.119 e. The summed E-state index contributed by atoms with van der Waals surface area (Å²) in [6.07, 6.45) is 4.03. The van der Waals surface area contributed by atoms with Crippen LogP contribution in [0.5, 0.6) is 5.75 Å². The monoisotopic (exact) mass is 233 g/mol. The Kier molecular flexibility index (Phi) is 4.43. The SMILES string of the molecule is CC(C)CNCCc1ccc(OC2CC2)cc1. The van der Waals surface area contributed by atoms with Crippen LogP contribution in [-0.2, 0) is 6.42 Å². The normalized spacial score (nSPS) is 15.2. The Morgan fingerprint density at radius 2 is 1.94 bits per heavy atom. The van der Waals surface area contributed by atoms with Crippen molar-refractivity contribution >= 4 is 0 Å². The molecule has 2 rings (SSSR count). The van der Waals surface area contributed by atoms with Crippen LogP contribution in [0.4, 0.5) is 0 Å². The van der Waals surface area contributed by atoms with Crippen molar-refractivity contribution in [1.29, 1.82) is 0 Å². The van der Waals surface area contributed by atoms with Crippen molar-refractivity contribution in [1.82, 2.24) is 5.32 Å². The summed E-state index contributed by atoms with van der Waals surface area (Å²) in [6.45, 7) is 6.62. The second kappa shape index (κ2) is 6.06. The number of rotatable bonds is 7. The lowest BCUT2D eigenvalue weighted by Crippen LogP contribution is -2.22. The van der Waals surface area contributed by atoms with E-state index in [1.54, 1.807) is 0 Å². The van der Waals surface area contributed by atoms with Gasteiger partial charge in [0.2, 0.25) is 0 Å². The third kappa shape index (κ3) is 4.78. The summed E-state index contributed by atoms with van der Waals surface area (Å²) in [5.74, 6) is 1.75. The second-order valence-electron chi connectivity index (χ2n) is 5.31. The minimum Gasteiger partial charge on any atom is -0.490 e. The first-order valence-electron chi connectivity index (χ1n) is 6.70. The summed E-state index contributed by atoms with van der Waals surface area (Å²) in [5, 5.41) is 3.46. The molecule has 1 aliphatic carbocycles. The molecule has 1 saturated carbocycles. The highest BCUT2D eigenvalue weighted by Crippen LogP contribution is 2.26. The van der Waals surface area contributed by atoms with E-state index >= 15 is 0 Å². The van der Waals surface area contributed by atoms with E-state index in [1.807, 2.05) is 0 Å². The van der Waals surface area contributed by atoms with Gasteiger partial charge in [-0.15, -0.1) is 0 Å². The molecule has 0 saturated heterocycles. The number of ether oxygens (including phenoxy) is 1. The first-order valence-corrected chi connectivity index (χ1v) is 6.70. The molecular formula is C15H23NO. The Balaban J connectivity index is 1.69. The van der Waals surface area contributed by atoms with E-state index in [9.17, 15) is 0 Å². The molecule has 1 aliphatic rings. The number of nitrogens with one attached hydrogen (secondary N) is 1. The Morgan fingerprint density at radius 1 is 1.24 bits per heavy atom. The highest BCUT2D eigenvalue weighted by molar-refractivity contribution is 5.28. The molecule has 17 heavy (non-hydrogen) atoms. The molecule has 0 atom stereocenters. The summed E-state index contributed by atoms with van der Waals surface area (Å²) in [4.78, 5) is 0. The summed E-state index contributed by atoms with van der Waals surface area (Å²) in [7, 11) is 0. The maximum absolute atomic E-state index is 5.72. The molecular weight excluding hydrogens is 210 g/mol. The molecule has 0 spiro atoms. The molecule has 0 aromatic heterocycles. The topological polar surface area (TPSA) is 21.3 Å². The molecule has 2 heteroatoms. The van der Waals surface area contributed by atoms with Gasteiger partial charge in [0.25, 0.3) is 0 Å². The number of hydrogen-bond donors (Lipinski definition) is 1. The predicted octanol–water partition coefficient (Wildman–Crippen LogP) is 3.02. The van der Waals surface area contributed by atoms with Crippen molar-refractivity contribution in [3.63, 3.8) is 0 Å². The molecule has 94 valence electrons. The standard InChI is InChI=1S/C15H23NO/c1-12(2)11-16-10-9-13-3-5-14(6-4-13)17-15-7-8-15/h3-6,12,15-16H,7-11H2,1-2H3. The van der Waals surface area contributed by atoms with Crippen LogP contribution in [0.25, 0.3) is 0 Å². The fraction of sp³-hybridized carbons (Fsp3) is 0.600. The van der Waals surface area contributed by atoms with Crippen molar-refractivity contribution in [2.75, 3.05) is 13.1 Å². The van der Waals surface area contributed by atoms with Crippen LogP contribution in [0.15, 0.2) is 24.3 Å². The zero-order valence-electron chi connectivity index (χ0n) is 10.9. The van der Waals surface area contributed by atoms with Crippen molar-refractivity contribution in [2.45, 2.75) is 39.2 Å². The molecule has 0 heterocycles. The Hall–Kier alpha value is -1.02. The Morgan fingerprint density at radius 3 is 2.53 bits per heavy atom. The molecule has 2 nitrogen and oxygen atoms in total. The molecule has 0 bridgehead atoms. The summed E-state index contributed by atoms with van der Waals surface area (Å²) >= 11 is 0. The zero-order chi connectivity index (χ0) is 12.1. The van der Waals surface area contributed by atoms with Gasteiger partial charge < -0.3 is 10.1 Å². The average Bonchev–Trinajstić information content (AvgIpc) is 3.10. The molecule has 0 aliphatic heterocycles. The van der Waals surface area contributed by atoms with Crippen molar-refractivity contribution in [2.24, 2.45) is 5.92 Å². The minimum absolute atomic E-state index is 0.494. The van der Waals surface area contributed by atoms with Gasteiger partial charge >= 0.3 is 0 Å². The predicted molar refractivity (Wildman–Crippen MR) is 71.5 cm³/mol. The van der Waals surface area contributed by atoms with E-state index in [0.29, 0.717) is 6.10 Å². The average molecular weight is 233 g/mol. The van der Waals surface area contributed by atoms with Crippen LogP contribution in [-0.4, -0.2) is 19.2 Å². The van der Waals surface area contributed by atoms with Crippen LogP contribution in [0.2, 0.25) is 0 Å². The quantitative estimate of drug-likeness (QED) is 0.731. The second-order valence-corrected chi connectivity index (χ2v) is 5.31. The van der Waals surface area contributed by atoms with Crippen molar-refractivity contribution < 1.29 is 4.74 Å². The van der Waals surface area contributed by atoms with Gasteiger partial charge in [0.05, 0.1) is 6.10 Å². The number of benzene rings is 1. The highest BCUT2D eigenvalue weighted by Gasteiger charge is 2.23. The van der Waals surface area contributed by atoms with Crippen molar-refractivity contribution in [3.8, 4) is 5.75 Å². The van der Waals surface area contributed by atoms with E-state index in [0.717, 1.165) is 31.2 Å². The van der Waals surface area contributed by atoms with Gasteiger partial charge in [-0.2, -0.15) is 0 Å². The van der Waals surface area contributed by atoms with E-state index in [-0.39, 0.29) is 0 Å². The van der Waals surface area contributed by atoms with Gasteiger partial charge in [-0.1, -0.05) is 26.0 Å². The van der Waals surface area contributed by atoms with Gasteiger partial charge in [-0.05, 0) is 56.0 Å². The molecule has 0 amide bonds. The van der Waals surface area contributed by atoms with Gasteiger partial charge in [-0.25, -0.2) is 0 Å². The summed E-state index contributed by atoms with van der Waals surface area (Å²) < 4.78 is 5.72. The maximum Gasteiger partial charge on any atom is 0.119 e. The lowest BCUT2D eigenvalue weighted by molar-refractivity contribution is 0.303. The van der Waals surface area contributed by atoms with Gasteiger partial charge in [0.1, 0.15) is 5.75 Å². The maximum atomic E-state index is 5.72. The first-order chi connectivity index (χ1) is 8.24. The fourth-order valence-electron chi connectivity index (χ4n) is 1.74. The van der Waals surface area contributed by atoms with Crippen LogP contribution >= 0.6 is 0 Å². The lowest BCUT2D eigenvalue weighted by atomic mass is 10.1. The molecule has 1 N–H and O–H groups in total. The van der Waals surface area contributed by atoms with Gasteiger partial charge in [0, 0.05) is 0 Å². The van der Waals surface area contributed by atoms with E-state index in [1.165, 1.54) is 18.4 Å². The molecule has 1 fully saturated rings. The van der Waals surface area contributed by atoms with Crippen LogP contribution in [0.3, 0.4) is 0 Å². The Labute approximate surface area is 104 Å². The molecule has 1 aromatic carbocycles. The van der Waals surface area contributed by atoms with Crippen LogP contribution < -0.4 is 10.1 Å². The molecule has 0 radical (unpaired) electrons. The summed E-state index contributed by atoms with van der Waals surface area (Å²) in [5.41, 5.74) is 1.38. The number of hydrogen-bond acceptors (Lipinski definition) is 2. The largest absolute Gasteiger partial charge is 0.490 e. The third-order valence-electron chi connectivity index (χ3n) is 2.89. The van der Waals surface area contributed by atoms with Crippen molar-refractivity contribution in [3.05, 3.63) is 29.8 Å². The third-order valence-corrected chi connectivity index (χ3v) is 2.89. The van der Waals surface area contributed by atoms with E-state index in [2.05, 4.69) is 43.4 Å². The first kappa shape index (κ1) is 12.4. The molecule has 0 unspecified atom stereocenters. The highest BCUT2D eigenvalue weighted by atomic mass is 16.5.